The molecule has 0 unspecified atom stereocenters. The number of rotatable bonds is 5. The Kier molecular flexibility index (Phi) is 6.37. The van der Waals surface area contributed by atoms with E-state index in [0.29, 0.717) is 0 Å². The number of hydrogen-bond acceptors (Lipinski definition) is 4. The Hall–Kier alpha value is -2.99. The van der Waals surface area contributed by atoms with Crippen LogP contribution in [-0.2, 0) is 16.0 Å². The zero-order valence-electron chi connectivity index (χ0n) is 18.0. The number of aromatic nitrogens is 1. The van der Waals surface area contributed by atoms with E-state index in [0.717, 1.165) is 38.1 Å². The van der Waals surface area contributed by atoms with Crippen molar-refractivity contribution in [2.24, 2.45) is 5.41 Å². The number of hydrogen-bond donors (Lipinski definition) is 2. The molecule has 0 saturated heterocycles. The van der Waals surface area contributed by atoms with Crippen LogP contribution >= 0.6 is 11.3 Å². The second-order valence-electron chi connectivity index (χ2n) is 8.39. The number of aryl methyl sites for hydroxylation is 2. The molecule has 2 N–H and O–H groups in total. The van der Waals surface area contributed by atoms with Gasteiger partial charge in [-0.05, 0) is 43.7 Å². The topological polar surface area (TPSA) is 71.1 Å². The van der Waals surface area contributed by atoms with Crippen LogP contribution in [0.15, 0.2) is 48.5 Å². The van der Waals surface area contributed by atoms with Crippen LogP contribution in [0.2, 0.25) is 0 Å². The summed E-state index contributed by atoms with van der Waals surface area (Å²) in [6.07, 6.45) is 0.235. The van der Waals surface area contributed by atoms with E-state index in [2.05, 4.69) is 15.6 Å². The maximum atomic E-state index is 12.4. The first-order chi connectivity index (χ1) is 14.1. The average Bonchev–Trinajstić information content (AvgIpc) is 3.01. The molecule has 0 bridgehead atoms. The van der Waals surface area contributed by atoms with Crippen LogP contribution in [0.5, 0.6) is 0 Å². The number of benzene rings is 2. The molecule has 0 atom stereocenters. The predicted molar refractivity (Wildman–Crippen MR) is 124 cm³/mol. The summed E-state index contributed by atoms with van der Waals surface area (Å²) in [5.41, 5.74) is 4.03. The zero-order chi connectivity index (χ0) is 21.9. The van der Waals surface area contributed by atoms with Gasteiger partial charge in [0.2, 0.25) is 11.8 Å². The van der Waals surface area contributed by atoms with Gasteiger partial charge in [-0.1, -0.05) is 45.0 Å². The summed E-state index contributed by atoms with van der Waals surface area (Å²) in [4.78, 5) is 30.3. The van der Waals surface area contributed by atoms with Gasteiger partial charge in [-0.15, -0.1) is 11.3 Å². The van der Waals surface area contributed by atoms with Crippen molar-refractivity contribution in [1.29, 1.82) is 0 Å². The molecule has 0 saturated carbocycles. The average molecular weight is 422 g/mol. The van der Waals surface area contributed by atoms with Crippen LogP contribution in [0.3, 0.4) is 0 Å². The molecular formula is C24H27N3O2S. The summed E-state index contributed by atoms with van der Waals surface area (Å²) in [5.74, 6) is -0.108. The molecule has 0 aliphatic rings. The highest BCUT2D eigenvalue weighted by Gasteiger charge is 2.21. The minimum Gasteiger partial charge on any atom is -0.326 e. The van der Waals surface area contributed by atoms with Crippen LogP contribution in [0.25, 0.3) is 11.3 Å². The van der Waals surface area contributed by atoms with Crippen LogP contribution < -0.4 is 10.6 Å². The van der Waals surface area contributed by atoms with E-state index in [9.17, 15) is 9.59 Å². The fraction of sp³-hybridized carbons (Fsp3) is 0.292. The van der Waals surface area contributed by atoms with Crippen molar-refractivity contribution in [2.45, 2.75) is 41.0 Å². The Balaban J connectivity index is 1.68. The lowest BCUT2D eigenvalue weighted by Gasteiger charge is -2.17. The van der Waals surface area contributed by atoms with Gasteiger partial charge in [0, 0.05) is 27.2 Å². The number of amides is 2. The maximum absolute atomic E-state index is 12.4. The van der Waals surface area contributed by atoms with Gasteiger partial charge >= 0.3 is 0 Å². The highest BCUT2D eigenvalue weighted by Crippen LogP contribution is 2.29. The molecule has 5 nitrogen and oxygen atoms in total. The molecule has 156 valence electrons. The van der Waals surface area contributed by atoms with Gasteiger partial charge in [-0.2, -0.15) is 0 Å². The molecule has 3 aromatic rings. The molecule has 30 heavy (non-hydrogen) atoms. The Morgan fingerprint density at radius 3 is 2.30 bits per heavy atom. The summed E-state index contributed by atoms with van der Waals surface area (Å²) in [6, 6.07) is 15.4. The molecule has 0 aliphatic carbocycles. The van der Waals surface area contributed by atoms with Gasteiger partial charge in [0.1, 0.15) is 5.01 Å². The monoisotopic (exact) mass is 421 g/mol. The van der Waals surface area contributed by atoms with E-state index >= 15 is 0 Å². The summed E-state index contributed by atoms with van der Waals surface area (Å²) in [5, 5.41) is 6.62. The van der Waals surface area contributed by atoms with Crippen molar-refractivity contribution in [1.82, 2.24) is 4.98 Å². The third-order valence-electron chi connectivity index (χ3n) is 4.55. The van der Waals surface area contributed by atoms with Crippen LogP contribution in [0, 0.1) is 19.3 Å². The number of nitrogens with one attached hydrogen (secondary N) is 2. The van der Waals surface area contributed by atoms with Gasteiger partial charge in [-0.25, -0.2) is 4.98 Å². The summed E-state index contributed by atoms with van der Waals surface area (Å²) in [7, 11) is 0. The number of thiazole rings is 1. The van der Waals surface area contributed by atoms with Gasteiger partial charge in [0.05, 0.1) is 12.1 Å². The molecular weight excluding hydrogens is 394 g/mol. The SMILES string of the molecule is Cc1cccc(NC(=O)Cc2nc(-c3ccc(NC(=O)C(C)(C)C)cc3)c(C)s2)c1. The Morgan fingerprint density at radius 1 is 0.967 bits per heavy atom. The third kappa shape index (κ3) is 5.54. The van der Waals surface area contributed by atoms with E-state index in [1.807, 2.05) is 83.1 Å². The molecule has 2 amide bonds. The standard InChI is InChI=1S/C24H27N3O2S/c1-15-7-6-8-19(13-15)25-20(28)14-21-27-22(16(2)30-21)17-9-11-18(12-10-17)26-23(29)24(3,4)5/h6-13H,14H2,1-5H3,(H,25,28)(H,26,29). The number of anilines is 2. The number of nitrogens with zero attached hydrogens (tertiary/aromatic N) is 1. The lowest BCUT2D eigenvalue weighted by atomic mass is 9.95. The molecule has 0 aliphatic heterocycles. The van der Waals surface area contributed by atoms with E-state index in [1.54, 1.807) is 0 Å². The van der Waals surface area contributed by atoms with E-state index < -0.39 is 5.41 Å². The molecule has 3 rings (SSSR count). The first kappa shape index (κ1) is 21.7. The minimum absolute atomic E-state index is 0.0259. The van der Waals surface area contributed by atoms with E-state index in [1.165, 1.54) is 11.3 Å². The normalized spacial score (nSPS) is 11.2. The first-order valence-electron chi connectivity index (χ1n) is 9.86. The minimum atomic E-state index is -0.446. The Morgan fingerprint density at radius 2 is 1.67 bits per heavy atom. The van der Waals surface area contributed by atoms with Crippen molar-refractivity contribution < 1.29 is 9.59 Å². The molecule has 0 spiro atoms. The van der Waals surface area contributed by atoms with Crippen molar-refractivity contribution >= 4 is 34.5 Å². The third-order valence-corrected chi connectivity index (χ3v) is 5.52. The molecule has 1 heterocycles. The molecule has 0 fully saturated rings. The van der Waals surface area contributed by atoms with Crippen molar-refractivity contribution in [3.63, 3.8) is 0 Å². The highest BCUT2D eigenvalue weighted by atomic mass is 32.1. The quantitative estimate of drug-likeness (QED) is 0.564. The van der Waals surface area contributed by atoms with Gasteiger partial charge in [0.15, 0.2) is 0 Å². The van der Waals surface area contributed by atoms with E-state index in [-0.39, 0.29) is 18.2 Å². The van der Waals surface area contributed by atoms with E-state index in [4.69, 9.17) is 0 Å². The summed E-state index contributed by atoms with van der Waals surface area (Å²) in [6.45, 7) is 9.64. The maximum Gasteiger partial charge on any atom is 0.231 e. The van der Waals surface area contributed by atoms with Crippen molar-refractivity contribution in [3.05, 3.63) is 64.0 Å². The first-order valence-corrected chi connectivity index (χ1v) is 10.7. The Bertz CT molecular complexity index is 1060. The second-order valence-corrected chi connectivity index (χ2v) is 9.68. The molecule has 2 aromatic carbocycles. The van der Waals surface area contributed by atoms with Crippen LogP contribution in [-0.4, -0.2) is 16.8 Å². The number of carbonyl (C=O) groups is 2. The van der Waals surface area contributed by atoms with Crippen molar-refractivity contribution in [3.8, 4) is 11.3 Å². The van der Waals surface area contributed by atoms with Gasteiger partial charge < -0.3 is 10.6 Å². The van der Waals surface area contributed by atoms with Gasteiger partial charge in [0.25, 0.3) is 0 Å². The second kappa shape index (κ2) is 8.79. The summed E-state index contributed by atoms with van der Waals surface area (Å²) < 4.78 is 0. The molecule has 1 aromatic heterocycles. The fourth-order valence-electron chi connectivity index (χ4n) is 2.89. The highest BCUT2D eigenvalue weighted by molar-refractivity contribution is 7.12. The Labute approximate surface area is 181 Å². The smallest absolute Gasteiger partial charge is 0.231 e. The number of carbonyl (C=O) groups excluding carboxylic acids is 2. The molecule has 0 radical (unpaired) electrons. The lowest BCUT2D eigenvalue weighted by Crippen LogP contribution is -2.27. The lowest BCUT2D eigenvalue weighted by molar-refractivity contribution is -0.123. The van der Waals surface area contributed by atoms with Crippen LogP contribution in [0.4, 0.5) is 11.4 Å². The largest absolute Gasteiger partial charge is 0.326 e. The summed E-state index contributed by atoms with van der Waals surface area (Å²) >= 11 is 1.53. The molecule has 6 heteroatoms. The van der Waals surface area contributed by atoms with Crippen molar-refractivity contribution in [2.75, 3.05) is 10.6 Å². The van der Waals surface area contributed by atoms with Crippen LogP contribution in [0.1, 0.15) is 36.2 Å². The van der Waals surface area contributed by atoms with Gasteiger partial charge in [-0.3, -0.25) is 9.59 Å². The fourth-order valence-corrected chi connectivity index (χ4v) is 3.84. The predicted octanol–water partition coefficient (Wildman–Crippen LogP) is 5.59. The zero-order valence-corrected chi connectivity index (χ0v) is 18.8.